The Kier molecular flexibility index (Phi) is 10.7. The van der Waals surface area contributed by atoms with Crippen molar-refractivity contribution in [1.82, 2.24) is 0 Å². The van der Waals surface area contributed by atoms with E-state index in [4.69, 9.17) is 5.26 Å². The van der Waals surface area contributed by atoms with Gasteiger partial charge in [-0.25, -0.2) is 0 Å². The highest BCUT2D eigenvalue weighted by Crippen LogP contribution is 2.38. The summed E-state index contributed by atoms with van der Waals surface area (Å²) < 4.78 is 0. The van der Waals surface area contributed by atoms with Crippen molar-refractivity contribution in [2.24, 2.45) is 0 Å². The van der Waals surface area contributed by atoms with E-state index >= 15 is 0 Å². The van der Waals surface area contributed by atoms with Crippen LogP contribution in [0.2, 0.25) is 0 Å². The van der Waals surface area contributed by atoms with Gasteiger partial charge in [-0.1, -0.05) is 78.6 Å². The van der Waals surface area contributed by atoms with E-state index < -0.39 is 0 Å². The summed E-state index contributed by atoms with van der Waals surface area (Å²) >= 11 is 0. The molecule has 3 heteroatoms. The number of nitrogens with zero attached hydrogens (tertiary/aromatic N) is 3. The largest absolute Gasteiger partial charge is 0.372 e. The summed E-state index contributed by atoms with van der Waals surface area (Å²) in [6, 6.07) is 46.8. The Labute approximate surface area is 275 Å². The first kappa shape index (κ1) is 31.9. The topological polar surface area (TPSA) is 30.3 Å². The van der Waals surface area contributed by atoms with Gasteiger partial charge in [0, 0.05) is 48.7 Å². The molecule has 5 aromatic rings. The van der Waals surface area contributed by atoms with Crippen LogP contribution in [0.1, 0.15) is 66.6 Å². The SMILES string of the molecule is CCN(CC)c1ccc(C(=C(c2ccccc2)c2ccc(C#Cc3ccc(C#N)cc3)cc2)c2ccc(N(CC)CC)cc2)cc1. The summed E-state index contributed by atoms with van der Waals surface area (Å²) in [5, 5.41) is 9.09. The molecule has 0 atom stereocenters. The van der Waals surface area contributed by atoms with Crippen molar-refractivity contribution in [2.75, 3.05) is 36.0 Å². The van der Waals surface area contributed by atoms with Gasteiger partial charge < -0.3 is 9.80 Å². The molecule has 0 saturated heterocycles. The second-order valence-corrected chi connectivity index (χ2v) is 11.1. The number of hydrogen-bond donors (Lipinski definition) is 0. The molecule has 0 heterocycles. The molecule has 5 rings (SSSR count). The minimum atomic E-state index is 0.635. The van der Waals surface area contributed by atoms with E-state index in [9.17, 15) is 0 Å². The van der Waals surface area contributed by atoms with Crippen LogP contribution in [-0.4, -0.2) is 26.2 Å². The van der Waals surface area contributed by atoms with Gasteiger partial charge in [-0.05, 0) is 122 Å². The van der Waals surface area contributed by atoms with Crippen LogP contribution in [0, 0.1) is 23.2 Å². The second-order valence-electron chi connectivity index (χ2n) is 11.1. The summed E-state index contributed by atoms with van der Waals surface area (Å²) in [7, 11) is 0. The fraction of sp³-hybridized carbons (Fsp3) is 0.186. The lowest BCUT2D eigenvalue weighted by Crippen LogP contribution is -2.21. The van der Waals surface area contributed by atoms with Crippen molar-refractivity contribution in [1.29, 1.82) is 5.26 Å². The van der Waals surface area contributed by atoms with Crippen LogP contribution >= 0.6 is 0 Å². The maximum absolute atomic E-state index is 9.09. The molecule has 0 bridgehead atoms. The maximum Gasteiger partial charge on any atom is 0.0991 e. The molecule has 0 spiro atoms. The molecule has 0 radical (unpaired) electrons. The number of benzene rings is 5. The van der Waals surface area contributed by atoms with Crippen LogP contribution in [0.3, 0.4) is 0 Å². The number of nitriles is 1. The predicted octanol–water partition coefficient (Wildman–Crippen LogP) is 9.66. The lowest BCUT2D eigenvalue weighted by atomic mass is 9.85. The van der Waals surface area contributed by atoms with Gasteiger partial charge >= 0.3 is 0 Å². The van der Waals surface area contributed by atoms with Gasteiger partial charge in [-0.3, -0.25) is 0 Å². The Balaban J connectivity index is 1.66. The summed E-state index contributed by atoms with van der Waals surface area (Å²) in [5.74, 6) is 6.53. The van der Waals surface area contributed by atoms with Gasteiger partial charge in [-0.2, -0.15) is 5.26 Å². The second kappa shape index (κ2) is 15.5. The number of rotatable bonds is 10. The third-order valence-corrected chi connectivity index (χ3v) is 8.42. The third-order valence-electron chi connectivity index (χ3n) is 8.42. The number of hydrogen-bond acceptors (Lipinski definition) is 3. The van der Waals surface area contributed by atoms with Crippen molar-refractivity contribution in [2.45, 2.75) is 27.7 Å². The van der Waals surface area contributed by atoms with Gasteiger partial charge in [0.2, 0.25) is 0 Å². The smallest absolute Gasteiger partial charge is 0.0991 e. The van der Waals surface area contributed by atoms with Crippen molar-refractivity contribution in [3.63, 3.8) is 0 Å². The lowest BCUT2D eigenvalue weighted by Gasteiger charge is -2.23. The summed E-state index contributed by atoms with van der Waals surface area (Å²) in [6.45, 7) is 12.7. The molecule has 5 aromatic carbocycles. The molecular weight excluding hydrogens is 558 g/mol. The van der Waals surface area contributed by atoms with E-state index in [1.54, 1.807) is 12.1 Å². The third kappa shape index (κ3) is 7.40. The summed E-state index contributed by atoms with van der Waals surface area (Å²) in [4.78, 5) is 4.75. The van der Waals surface area contributed by atoms with Gasteiger partial charge in [0.15, 0.2) is 0 Å². The lowest BCUT2D eigenvalue weighted by molar-refractivity contribution is 0.866. The van der Waals surface area contributed by atoms with E-state index in [2.05, 4.69) is 159 Å². The molecule has 0 aromatic heterocycles. The molecule has 0 fully saturated rings. The normalized spacial score (nSPS) is 10.3. The quantitative estimate of drug-likeness (QED) is 0.118. The molecule has 0 N–H and O–H groups in total. The van der Waals surface area contributed by atoms with E-state index in [1.807, 2.05) is 12.1 Å². The first-order valence-electron chi connectivity index (χ1n) is 16.2. The van der Waals surface area contributed by atoms with Crippen molar-refractivity contribution in [3.05, 3.63) is 166 Å². The minimum absolute atomic E-state index is 0.635. The van der Waals surface area contributed by atoms with Crippen LogP contribution in [-0.2, 0) is 0 Å². The number of anilines is 2. The first-order valence-corrected chi connectivity index (χ1v) is 16.2. The van der Waals surface area contributed by atoms with Gasteiger partial charge in [0.1, 0.15) is 0 Å². The van der Waals surface area contributed by atoms with Gasteiger partial charge in [-0.15, -0.1) is 0 Å². The van der Waals surface area contributed by atoms with Crippen LogP contribution in [0.4, 0.5) is 11.4 Å². The minimum Gasteiger partial charge on any atom is -0.372 e. The van der Waals surface area contributed by atoms with E-state index in [-0.39, 0.29) is 0 Å². The van der Waals surface area contributed by atoms with Crippen LogP contribution in [0.15, 0.2) is 127 Å². The van der Waals surface area contributed by atoms with Gasteiger partial charge in [0.05, 0.1) is 11.6 Å². The summed E-state index contributed by atoms with van der Waals surface area (Å²) in [5.41, 5.74) is 11.9. The average Bonchev–Trinajstić information content (AvgIpc) is 3.12. The Hall–Kier alpha value is -5.51. The highest BCUT2D eigenvalue weighted by molar-refractivity contribution is 6.04. The van der Waals surface area contributed by atoms with Crippen molar-refractivity contribution < 1.29 is 0 Å². The Morgan fingerprint density at radius 1 is 0.435 bits per heavy atom. The first-order chi connectivity index (χ1) is 22.6. The van der Waals surface area contributed by atoms with Crippen LogP contribution in [0.25, 0.3) is 11.1 Å². The Morgan fingerprint density at radius 2 is 0.761 bits per heavy atom. The summed E-state index contributed by atoms with van der Waals surface area (Å²) in [6.07, 6.45) is 0. The zero-order valence-corrected chi connectivity index (χ0v) is 27.3. The fourth-order valence-electron chi connectivity index (χ4n) is 5.86. The maximum atomic E-state index is 9.09. The molecule has 0 aliphatic heterocycles. The zero-order chi connectivity index (χ0) is 32.3. The molecule has 0 aliphatic rings. The predicted molar refractivity (Wildman–Crippen MR) is 195 cm³/mol. The monoisotopic (exact) mass is 599 g/mol. The zero-order valence-electron chi connectivity index (χ0n) is 27.3. The Bertz CT molecular complexity index is 1780. The molecule has 0 aliphatic carbocycles. The van der Waals surface area contributed by atoms with Gasteiger partial charge in [0.25, 0.3) is 0 Å². The van der Waals surface area contributed by atoms with Crippen molar-refractivity contribution in [3.8, 4) is 17.9 Å². The van der Waals surface area contributed by atoms with E-state index in [0.29, 0.717) is 5.56 Å². The molecule has 0 saturated carbocycles. The van der Waals surface area contributed by atoms with E-state index in [1.165, 1.54) is 33.6 Å². The average molecular weight is 600 g/mol. The molecule has 46 heavy (non-hydrogen) atoms. The fourth-order valence-corrected chi connectivity index (χ4v) is 5.86. The highest BCUT2D eigenvalue weighted by Gasteiger charge is 2.17. The standard InChI is InChI=1S/C43H41N3/c1-5-45(6-2)40-28-24-38(25-29-40)43(39-26-30-41(31-27-39)46(7-3)8-4)42(36-12-10-9-11-13-36)37-22-20-34(21-23-37)15-14-33-16-18-35(32-44)19-17-33/h9-13,16-31H,5-8H2,1-4H3. The highest BCUT2D eigenvalue weighted by atomic mass is 15.1. The molecular formula is C43H41N3. The van der Waals surface area contributed by atoms with Crippen LogP contribution in [0.5, 0.6) is 0 Å². The Morgan fingerprint density at radius 3 is 1.13 bits per heavy atom. The van der Waals surface area contributed by atoms with Crippen molar-refractivity contribution >= 4 is 22.5 Å². The van der Waals surface area contributed by atoms with E-state index in [0.717, 1.165) is 48.4 Å². The van der Waals surface area contributed by atoms with Crippen LogP contribution < -0.4 is 9.80 Å². The molecule has 228 valence electrons. The molecule has 3 nitrogen and oxygen atoms in total. The molecule has 0 amide bonds. The molecule has 0 unspecified atom stereocenters.